The van der Waals surface area contributed by atoms with Crippen molar-refractivity contribution in [3.8, 4) is 0 Å². The first kappa shape index (κ1) is 18.3. The molecule has 0 unspecified atom stereocenters. The molecule has 9 heteroatoms. The molecule has 3 N–H and O–H groups in total. The molecule has 0 bridgehead atoms. The van der Waals surface area contributed by atoms with Gasteiger partial charge in [0.05, 0.1) is 29.4 Å². The molecule has 1 saturated heterocycles. The van der Waals surface area contributed by atoms with E-state index in [1.54, 1.807) is 10.9 Å². The monoisotopic (exact) mass is 361 g/mol. The number of pyridine rings is 1. The van der Waals surface area contributed by atoms with E-state index in [0.29, 0.717) is 42.9 Å². The molecular weight excluding hydrogens is 338 g/mol. The third kappa shape index (κ3) is 3.68. The van der Waals surface area contributed by atoms with Crippen molar-refractivity contribution >= 4 is 28.9 Å². The first-order chi connectivity index (χ1) is 12.7. The topological polar surface area (TPSA) is 118 Å². The maximum Gasteiger partial charge on any atom is 0.255 e. The summed E-state index contributed by atoms with van der Waals surface area (Å²) in [7, 11) is 0. The van der Waals surface area contributed by atoms with E-state index in [1.165, 1.54) is 6.20 Å². The van der Waals surface area contributed by atoms with Crippen LogP contribution in [0.2, 0.25) is 0 Å². The number of carbonyl (C=O) groups excluding carboxylic acids is 2. The van der Waals surface area contributed by atoms with Gasteiger partial charge in [-0.25, -0.2) is 9.67 Å². The molecule has 0 aliphatic carbocycles. The van der Waals surface area contributed by atoms with Gasteiger partial charge >= 0.3 is 0 Å². The maximum absolute atomic E-state index is 12.6. The molecule has 1 aliphatic rings. The third-order valence-corrected chi connectivity index (χ3v) is 4.46. The highest BCUT2D eigenvalue weighted by atomic mass is 16.5. The minimum absolute atomic E-state index is 0.172. The Morgan fingerprint density at radius 1 is 1.46 bits per heavy atom. The lowest BCUT2D eigenvalue weighted by molar-refractivity contribution is -0.110. The van der Waals surface area contributed by atoms with Crippen LogP contribution in [0.15, 0.2) is 12.4 Å². The normalized spacial score (nSPS) is 16.4. The fourth-order valence-electron chi connectivity index (χ4n) is 3.00. The van der Waals surface area contributed by atoms with E-state index in [2.05, 4.69) is 20.7 Å². The number of ether oxygens (including phenoxy) is 1. The fraction of sp³-hybridized carbons (Fsp3) is 0.529. The molecule has 1 atom stereocenters. The average molecular weight is 361 g/mol. The second kappa shape index (κ2) is 8.24. The number of anilines is 1. The molecule has 2 aromatic heterocycles. The van der Waals surface area contributed by atoms with Gasteiger partial charge in [0.2, 0.25) is 0 Å². The standard InChI is InChI=1S/C17H23N5O4/c1-2-22-16-13(8-19-22)15(20-11-3-5-26-6-4-11)14(7-18-16)17(25)21-12(9-23)10-24/h7-9,11-12,24H,2-6,10H2,1H3,(H,18,20)(H,21,25)/t12-/m1/s1. The quantitative estimate of drug-likeness (QED) is 0.608. The Hall–Kier alpha value is -2.52. The zero-order valence-corrected chi connectivity index (χ0v) is 14.6. The van der Waals surface area contributed by atoms with Gasteiger partial charge in [-0.15, -0.1) is 0 Å². The number of aromatic nitrogens is 3. The summed E-state index contributed by atoms with van der Waals surface area (Å²) in [6.07, 6.45) is 5.34. The minimum Gasteiger partial charge on any atom is -0.394 e. The van der Waals surface area contributed by atoms with E-state index < -0.39 is 18.6 Å². The highest BCUT2D eigenvalue weighted by Crippen LogP contribution is 2.28. The van der Waals surface area contributed by atoms with Crippen molar-refractivity contribution in [1.29, 1.82) is 0 Å². The van der Waals surface area contributed by atoms with Crippen molar-refractivity contribution in [2.24, 2.45) is 0 Å². The number of aryl methyl sites for hydroxylation is 1. The lowest BCUT2D eigenvalue weighted by atomic mass is 10.1. The summed E-state index contributed by atoms with van der Waals surface area (Å²) < 4.78 is 7.15. The van der Waals surface area contributed by atoms with Crippen LogP contribution in [0.1, 0.15) is 30.1 Å². The molecule has 0 saturated carbocycles. The molecule has 0 spiro atoms. The molecule has 140 valence electrons. The smallest absolute Gasteiger partial charge is 0.255 e. The SMILES string of the molecule is CCn1ncc2c(NC3CCOCC3)c(C(=O)N[C@H](C=O)CO)cnc21. The number of nitrogens with one attached hydrogen (secondary N) is 2. The molecule has 1 aliphatic heterocycles. The Labute approximate surface area is 150 Å². The van der Waals surface area contributed by atoms with E-state index in [4.69, 9.17) is 9.84 Å². The van der Waals surface area contributed by atoms with Gasteiger partial charge in [0, 0.05) is 32.0 Å². The molecule has 1 amide bonds. The largest absolute Gasteiger partial charge is 0.394 e. The average Bonchev–Trinajstić information content (AvgIpc) is 3.10. The van der Waals surface area contributed by atoms with Crippen LogP contribution in [-0.4, -0.2) is 64.0 Å². The summed E-state index contributed by atoms with van der Waals surface area (Å²) in [5.41, 5.74) is 1.65. The fourth-order valence-corrected chi connectivity index (χ4v) is 3.00. The molecule has 3 rings (SSSR count). The first-order valence-electron chi connectivity index (χ1n) is 8.73. The van der Waals surface area contributed by atoms with Crippen LogP contribution >= 0.6 is 0 Å². The van der Waals surface area contributed by atoms with Crippen molar-refractivity contribution in [2.45, 2.75) is 38.4 Å². The van der Waals surface area contributed by atoms with Crippen molar-refractivity contribution in [1.82, 2.24) is 20.1 Å². The van der Waals surface area contributed by atoms with Gasteiger partial charge < -0.3 is 25.3 Å². The van der Waals surface area contributed by atoms with E-state index >= 15 is 0 Å². The minimum atomic E-state index is -0.951. The van der Waals surface area contributed by atoms with Crippen LogP contribution < -0.4 is 10.6 Å². The summed E-state index contributed by atoms with van der Waals surface area (Å²) in [6, 6.07) is -0.780. The van der Waals surface area contributed by atoms with Gasteiger partial charge in [-0.1, -0.05) is 0 Å². The first-order valence-corrected chi connectivity index (χ1v) is 8.73. The zero-order valence-electron chi connectivity index (χ0n) is 14.6. The second-order valence-corrected chi connectivity index (χ2v) is 6.17. The predicted octanol–water partition coefficient (Wildman–Crippen LogP) is 0.332. The van der Waals surface area contributed by atoms with Gasteiger partial charge in [-0.3, -0.25) is 4.79 Å². The number of aliphatic hydroxyl groups excluding tert-OH is 1. The molecule has 1 fully saturated rings. The molecule has 26 heavy (non-hydrogen) atoms. The molecule has 9 nitrogen and oxygen atoms in total. The van der Waals surface area contributed by atoms with Crippen LogP contribution in [0.5, 0.6) is 0 Å². The maximum atomic E-state index is 12.6. The number of hydrogen-bond donors (Lipinski definition) is 3. The molecule has 0 radical (unpaired) electrons. The number of fused-ring (bicyclic) bond motifs is 1. The van der Waals surface area contributed by atoms with Gasteiger partial charge in [-0.2, -0.15) is 5.10 Å². The number of nitrogens with zero attached hydrogens (tertiary/aromatic N) is 3. The van der Waals surface area contributed by atoms with Crippen LogP contribution in [0.25, 0.3) is 11.0 Å². The Morgan fingerprint density at radius 3 is 2.88 bits per heavy atom. The van der Waals surface area contributed by atoms with Crippen molar-refractivity contribution in [3.63, 3.8) is 0 Å². The molecule has 2 aromatic rings. The number of rotatable bonds is 7. The van der Waals surface area contributed by atoms with Crippen LogP contribution in [0.4, 0.5) is 5.69 Å². The number of carbonyl (C=O) groups is 2. The summed E-state index contributed by atoms with van der Waals surface area (Å²) in [6.45, 7) is 3.51. The zero-order chi connectivity index (χ0) is 18.5. The summed E-state index contributed by atoms with van der Waals surface area (Å²) in [5.74, 6) is -0.468. The van der Waals surface area contributed by atoms with Gasteiger partial charge in [-0.05, 0) is 19.8 Å². The Morgan fingerprint density at radius 2 is 2.23 bits per heavy atom. The van der Waals surface area contributed by atoms with E-state index in [1.807, 2.05) is 6.92 Å². The van der Waals surface area contributed by atoms with Crippen LogP contribution in [0, 0.1) is 0 Å². The predicted molar refractivity (Wildman–Crippen MR) is 95.1 cm³/mol. The summed E-state index contributed by atoms with van der Waals surface area (Å²) in [5, 5.41) is 20.2. The molecule has 3 heterocycles. The lowest BCUT2D eigenvalue weighted by Gasteiger charge is -2.25. The summed E-state index contributed by atoms with van der Waals surface area (Å²) in [4.78, 5) is 27.9. The van der Waals surface area contributed by atoms with Gasteiger partial charge in [0.1, 0.15) is 12.3 Å². The van der Waals surface area contributed by atoms with Crippen LogP contribution in [0.3, 0.4) is 0 Å². The Kier molecular flexibility index (Phi) is 5.79. The number of hydrogen-bond acceptors (Lipinski definition) is 7. The number of aldehydes is 1. The summed E-state index contributed by atoms with van der Waals surface area (Å²) >= 11 is 0. The van der Waals surface area contributed by atoms with Crippen molar-refractivity contribution < 1.29 is 19.4 Å². The highest BCUT2D eigenvalue weighted by molar-refractivity contribution is 6.07. The van der Waals surface area contributed by atoms with Gasteiger partial charge in [0.25, 0.3) is 5.91 Å². The van der Waals surface area contributed by atoms with E-state index in [0.717, 1.165) is 18.2 Å². The lowest BCUT2D eigenvalue weighted by Crippen LogP contribution is -2.39. The third-order valence-electron chi connectivity index (χ3n) is 4.46. The number of aliphatic hydroxyl groups is 1. The Balaban J connectivity index is 1.98. The van der Waals surface area contributed by atoms with Gasteiger partial charge in [0.15, 0.2) is 5.65 Å². The van der Waals surface area contributed by atoms with Crippen molar-refractivity contribution in [2.75, 3.05) is 25.1 Å². The van der Waals surface area contributed by atoms with E-state index in [9.17, 15) is 9.59 Å². The molecular formula is C17H23N5O4. The molecule has 0 aromatic carbocycles. The Bertz CT molecular complexity index is 785. The van der Waals surface area contributed by atoms with Crippen LogP contribution in [-0.2, 0) is 16.1 Å². The highest BCUT2D eigenvalue weighted by Gasteiger charge is 2.23. The number of amides is 1. The second-order valence-electron chi connectivity index (χ2n) is 6.17. The van der Waals surface area contributed by atoms with Crippen molar-refractivity contribution in [3.05, 3.63) is 18.0 Å². The van der Waals surface area contributed by atoms with E-state index in [-0.39, 0.29) is 6.04 Å².